The summed E-state index contributed by atoms with van der Waals surface area (Å²) in [4.78, 5) is 12.4. The second kappa shape index (κ2) is 10.6. The van der Waals surface area contributed by atoms with Gasteiger partial charge in [0.15, 0.2) is 0 Å². The number of carbonyl (C=O) groups is 1. The van der Waals surface area contributed by atoms with Gasteiger partial charge in [-0.15, -0.1) is 11.3 Å². The molecule has 0 aromatic carbocycles. The van der Waals surface area contributed by atoms with Crippen molar-refractivity contribution in [3.05, 3.63) is 28.0 Å². The number of carboxylic acid groups (broad SMARTS) is 1. The van der Waals surface area contributed by atoms with Crippen molar-refractivity contribution >= 4 is 23.4 Å². The fourth-order valence-electron chi connectivity index (χ4n) is 1.40. The van der Waals surface area contributed by atoms with Crippen LogP contribution in [0.1, 0.15) is 16.2 Å². The minimum Gasteiger partial charge on any atom is -0.478 e. The molecular formula is C14H20O5S. The van der Waals surface area contributed by atoms with Crippen LogP contribution in [0.2, 0.25) is 0 Å². The summed E-state index contributed by atoms with van der Waals surface area (Å²) >= 11 is 1.53. The molecule has 0 aliphatic carbocycles. The number of thiophene rings is 1. The summed E-state index contributed by atoms with van der Waals surface area (Å²) in [5.74, 6) is -0.940. The summed E-state index contributed by atoms with van der Waals surface area (Å²) < 4.78 is 15.7. The zero-order chi connectivity index (χ0) is 14.6. The lowest BCUT2D eigenvalue weighted by Crippen LogP contribution is -2.05. The molecule has 5 nitrogen and oxygen atoms in total. The zero-order valence-electron chi connectivity index (χ0n) is 11.5. The first kappa shape index (κ1) is 16.8. The lowest BCUT2D eigenvalue weighted by atomic mass is 10.4. The van der Waals surface area contributed by atoms with Crippen molar-refractivity contribution in [3.63, 3.8) is 0 Å². The maximum Gasteiger partial charge on any atom is 0.328 e. The van der Waals surface area contributed by atoms with Crippen LogP contribution in [0.25, 0.3) is 6.08 Å². The Balaban J connectivity index is 2.09. The van der Waals surface area contributed by atoms with Gasteiger partial charge in [-0.05, 0) is 24.6 Å². The van der Waals surface area contributed by atoms with Gasteiger partial charge >= 0.3 is 5.97 Å². The molecule has 0 aliphatic heterocycles. The van der Waals surface area contributed by atoms with E-state index in [1.54, 1.807) is 13.2 Å². The van der Waals surface area contributed by atoms with E-state index in [1.165, 1.54) is 11.3 Å². The van der Waals surface area contributed by atoms with E-state index in [1.807, 2.05) is 12.1 Å². The lowest BCUT2D eigenvalue weighted by Gasteiger charge is -2.04. The van der Waals surface area contributed by atoms with Gasteiger partial charge in [-0.1, -0.05) is 0 Å². The summed E-state index contributed by atoms with van der Waals surface area (Å²) in [6.07, 6.45) is 3.56. The van der Waals surface area contributed by atoms with Gasteiger partial charge in [-0.3, -0.25) is 0 Å². The van der Waals surface area contributed by atoms with Crippen LogP contribution in [-0.4, -0.2) is 44.6 Å². The third-order valence-corrected chi connectivity index (χ3v) is 3.35. The first-order valence-electron chi connectivity index (χ1n) is 6.36. The predicted molar refractivity (Wildman–Crippen MR) is 78.0 cm³/mol. The number of hydrogen-bond acceptors (Lipinski definition) is 5. The molecule has 1 heterocycles. The van der Waals surface area contributed by atoms with E-state index in [0.717, 1.165) is 22.3 Å². The monoisotopic (exact) mass is 300 g/mol. The predicted octanol–water partition coefficient (Wildman–Crippen LogP) is 2.42. The fraction of sp³-hybridized carbons (Fsp3) is 0.500. The van der Waals surface area contributed by atoms with E-state index in [2.05, 4.69) is 0 Å². The van der Waals surface area contributed by atoms with Crippen LogP contribution in [0.4, 0.5) is 0 Å². The maximum atomic E-state index is 10.4. The van der Waals surface area contributed by atoms with Gasteiger partial charge in [0.1, 0.15) is 0 Å². The molecule has 0 unspecified atom stereocenters. The average Bonchev–Trinajstić information content (AvgIpc) is 2.87. The second-order valence-corrected chi connectivity index (χ2v) is 5.19. The van der Waals surface area contributed by atoms with Crippen LogP contribution in [0.15, 0.2) is 18.2 Å². The van der Waals surface area contributed by atoms with Crippen molar-refractivity contribution in [1.82, 2.24) is 0 Å². The molecule has 0 radical (unpaired) electrons. The maximum absolute atomic E-state index is 10.4. The molecule has 112 valence electrons. The minimum absolute atomic E-state index is 0.545. The summed E-state index contributed by atoms with van der Waals surface area (Å²) in [6.45, 7) is 3.08. The Morgan fingerprint density at radius 3 is 2.80 bits per heavy atom. The molecular weight excluding hydrogens is 280 g/mol. The Labute approximate surface area is 122 Å². The Morgan fingerprint density at radius 1 is 1.25 bits per heavy atom. The Bertz CT molecular complexity index is 413. The van der Waals surface area contributed by atoms with E-state index >= 15 is 0 Å². The van der Waals surface area contributed by atoms with Crippen molar-refractivity contribution in [2.75, 3.05) is 33.5 Å². The first-order valence-corrected chi connectivity index (χ1v) is 7.18. The highest BCUT2D eigenvalue weighted by molar-refractivity contribution is 7.12. The zero-order valence-corrected chi connectivity index (χ0v) is 12.4. The molecule has 0 saturated carbocycles. The van der Waals surface area contributed by atoms with Crippen LogP contribution < -0.4 is 0 Å². The van der Waals surface area contributed by atoms with Gasteiger partial charge in [0.25, 0.3) is 0 Å². The number of ether oxygens (including phenoxy) is 3. The Kier molecular flexibility index (Phi) is 8.90. The molecule has 1 aromatic rings. The molecule has 0 aliphatic rings. The molecule has 0 amide bonds. The highest BCUT2D eigenvalue weighted by Crippen LogP contribution is 2.18. The molecule has 20 heavy (non-hydrogen) atoms. The first-order chi connectivity index (χ1) is 9.72. The summed E-state index contributed by atoms with van der Waals surface area (Å²) in [7, 11) is 1.65. The summed E-state index contributed by atoms with van der Waals surface area (Å²) in [6, 6.07) is 3.83. The Hall–Kier alpha value is -1.21. The number of carboxylic acids is 1. The summed E-state index contributed by atoms with van der Waals surface area (Å²) in [5, 5.41) is 8.53. The number of aliphatic carboxylic acids is 1. The molecule has 1 rings (SSSR count). The van der Waals surface area contributed by atoms with E-state index in [-0.39, 0.29) is 0 Å². The van der Waals surface area contributed by atoms with E-state index in [9.17, 15) is 4.79 Å². The van der Waals surface area contributed by atoms with Gasteiger partial charge in [0, 0.05) is 36.2 Å². The van der Waals surface area contributed by atoms with E-state index in [0.29, 0.717) is 33.0 Å². The third kappa shape index (κ3) is 8.06. The molecule has 1 N–H and O–H groups in total. The highest BCUT2D eigenvalue weighted by atomic mass is 32.1. The number of methoxy groups -OCH3 is 1. The van der Waals surface area contributed by atoms with Crippen LogP contribution in [0.5, 0.6) is 0 Å². The van der Waals surface area contributed by atoms with Crippen LogP contribution >= 0.6 is 11.3 Å². The topological polar surface area (TPSA) is 65.0 Å². The van der Waals surface area contributed by atoms with Gasteiger partial charge in [-0.25, -0.2) is 4.79 Å². The smallest absolute Gasteiger partial charge is 0.328 e. The minimum atomic E-state index is -0.940. The largest absolute Gasteiger partial charge is 0.478 e. The molecule has 0 atom stereocenters. The van der Waals surface area contributed by atoms with Gasteiger partial charge < -0.3 is 19.3 Å². The highest BCUT2D eigenvalue weighted by Gasteiger charge is 1.99. The molecule has 0 spiro atoms. The van der Waals surface area contributed by atoms with Gasteiger partial charge in [-0.2, -0.15) is 0 Å². The average molecular weight is 300 g/mol. The van der Waals surface area contributed by atoms with Gasteiger partial charge in [0.2, 0.25) is 0 Å². The van der Waals surface area contributed by atoms with Gasteiger partial charge in [0.05, 0.1) is 19.8 Å². The molecule has 0 fully saturated rings. The number of hydrogen-bond donors (Lipinski definition) is 1. The number of rotatable bonds is 11. The fourth-order valence-corrected chi connectivity index (χ4v) is 2.25. The van der Waals surface area contributed by atoms with Crippen molar-refractivity contribution in [3.8, 4) is 0 Å². The normalized spacial score (nSPS) is 11.2. The Morgan fingerprint density at radius 2 is 2.05 bits per heavy atom. The SMILES string of the molecule is COCCOCCCOCc1ccc(/C=C/C(=O)O)s1. The van der Waals surface area contributed by atoms with Crippen molar-refractivity contribution in [2.24, 2.45) is 0 Å². The standard InChI is InChI=1S/C14H20O5S/c1-17-9-10-18-7-2-8-19-11-13-4-3-12(20-13)5-6-14(15)16/h3-6H,2,7-11H2,1H3,(H,15,16)/b6-5+. The van der Waals surface area contributed by atoms with Crippen molar-refractivity contribution in [2.45, 2.75) is 13.0 Å². The third-order valence-electron chi connectivity index (χ3n) is 2.33. The van der Waals surface area contributed by atoms with E-state index < -0.39 is 5.97 Å². The van der Waals surface area contributed by atoms with Crippen molar-refractivity contribution in [1.29, 1.82) is 0 Å². The molecule has 1 aromatic heterocycles. The lowest BCUT2D eigenvalue weighted by molar-refractivity contribution is -0.131. The summed E-state index contributed by atoms with van der Waals surface area (Å²) in [5.41, 5.74) is 0. The molecule has 6 heteroatoms. The van der Waals surface area contributed by atoms with Crippen LogP contribution in [-0.2, 0) is 25.6 Å². The second-order valence-electron chi connectivity index (χ2n) is 3.99. The van der Waals surface area contributed by atoms with E-state index in [4.69, 9.17) is 19.3 Å². The molecule has 0 bridgehead atoms. The van der Waals surface area contributed by atoms with Crippen molar-refractivity contribution < 1.29 is 24.1 Å². The molecule has 0 saturated heterocycles. The quantitative estimate of drug-likeness (QED) is 0.502. The van der Waals surface area contributed by atoms with Crippen LogP contribution in [0, 0.1) is 0 Å². The van der Waals surface area contributed by atoms with Crippen LogP contribution in [0.3, 0.4) is 0 Å².